The van der Waals surface area contributed by atoms with Crippen molar-refractivity contribution in [3.63, 3.8) is 0 Å². The molecule has 2 aromatic carbocycles. The molecule has 0 aliphatic carbocycles. The Kier molecular flexibility index (Phi) is 4.64. The first-order valence-electron chi connectivity index (χ1n) is 9.74. The number of aryl methyl sites for hydroxylation is 1. The van der Waals surface area contributed by atoms with Crippen LogP contribution < -0.4 is 10.6 Å². The fourth-order valence-corrected chi connectivity index (χ4v) is 3.45. The predicted molar refractivity (Wildman–Crippen MR) is 120 cm³/mol. The number of aromatic nitrogens is 5. The van der Waals surface area contributed by atoms with Crippen molar-refractivity contribution in [1.29, 1.82) is 0 Å². The minimum Gasteiger partial charge on any atom is -0.355 e. The van der Waals surface area contributed by atoms with Crippen LogP contribution in [0.2, 0.25) is 0 Å². The second kappa shape index (κ2) is 7.75. The zero-order valence-corrected chi connectivity index (χ0v) is 16.7. The van der Waals surface area contributed by atoms with Gasteiger partial charge in [-0.05, 0) is 30.3 Å². The first kappa shape index (κ1) is 18.6. The van der Waals surface area contributed by atoms with Gasteiger partial charge < -0.3 is 10.6 Å². The standard InChI is InChI=1S/C23H19N7O/c1-30-22-19(20(29-30)15-6-3-2-4-7-15)21(27-28-22)26-23(31)16-8-5-9-18(14-16)25-17-10-12-24-13-11-17/h2-14H,1H3,(H,24,25)(H2,26,27,28,31). The van der Waals surface area contributed by atoms with E-state index in [4.69, 9.17) is 0 Å². The molecule has 0 bridgehead atoms. The van der Waals surface area contributed by atoms with Crippen LogP contribution in [-0.2, 0) is 7.05 Å². The van der Waals surface area contributed by atoms with Crippen molar-refractivity contribution in [1.82, 2.24) is 25.0 Å². The molecule has 0 unspecified atom stereocenters. The molecule has 8 nitrogen and oxygen atoms in total. The maximum atomic E-state index is 13.0. The smallest absolute Gasteiger partial charge is 0.256 e. The molecule has 3 heterocycles. The normalized spacial score (nSPS) is 10.9. The number of pyridine rings is 1. The average molecular weight is 409 g/mol. The number of fused-ring (bicyclic) bond motifs is 1. The van der Waals surface area contributed by atoms with Crippen LogP contribution in [0.5, 0.6) is 0 Å². The van der Waals surface area contributed by atoms with E-state index in [0.29, 0.717) is 17.0 Å². The zero-order chi connectivity index (χ0) is 21.2. The fourth-order valence-electron chi connectivity index (χ4n) is 3.45. The second-order valence-corrected chi connectivity index (χ2v) is 7.03. The molecule has 8 heteroatoms. The van der Waals surface area contributed by atoms with E-state index >= 15 is 0 Å². The van der Waals surface area contributed by atoms with Crippen LogP contribution in [0.25, 0.3) is 22.3 Å². The molecule has 0 spiro atoms. The summed E-state index contributed by atoms with van der Waals surface area (Å²) < 4.78 is 1.70. The summed E-state index contributed by atoms with van der Waals surface area (Å²) >= 11 is 0. The summed E-state index contributed by atoms with van der Waals surface area (Å²) in [4.78, 5) is 17.0. The van der Waals surface area contributed by atoms with Gasteiger partial charge in [-0.2, -0.15) is 10.2 Å². The van der Waals surface area contributed by atoms with Crippen molar-refractivity contribution in [3.8, 4) is 11.3 Å². The number of H-pyrrole nitrogens is 1. The Bertz CT molecular complexity index is 1360. The van der Waals surface area contributed by atoms with Gasteiger partial charge in [0.15, 0.2) is 5.65 Å². The lowest BCUT2D eigenvalue weighted by molar-refractivity contribution is 0.102. The molecule has 0 aliphatic heterocycles. The third kappa shape index (κ3) is 3.62. The monoisotopic (exact) mass is 409 g/mol. The maximum absolute atomic E-state index is 13.0. The third-order valence-electron chi connectivity index (χ3n) is 4.92. The molecule has 0 saturated heterocycles. The van der Waals surface area contributed by atoms with Crippen LogP contribution in [0.1, 0.15) is 10.4 Å². The van der Waals surface area contributed by atoms with E-state index in [1.165, 1.54) is 0 Å². The van der Waals surface area contributed by atoms with Gasteiger partial charge in [0.2, 0.25) is 0 Å². The van der Waals surface area contributed by atoms with Gasteiger partial charge in [-0.15, -0.1) is 0 Å². The van der Waals surface area contributed by atoms with Gasteiger partial charge in [0.05, 0.1) is 5.39 Å². The second-order valence-electron chi connectivity index (χ2n) is 7.03. The van der Waals surface area contributed by atoms with Crippen molar-refractivity contribution in [2.24, 2.45) is 7.05 Å². The molecule has 5 aromatic rings. The highest BCUT2D eigenvalue weighted by Crippen LogP contribution is 2.31. The van der Waals surface area contributed by atoms with Gasteiger partial charge in [0, 0.05) is 41.9 Å². The van der Waals surface area contributed by atoms with Crippen molar-refractivity contribution in [2.75, 3.05) is 10.6 Å². The van der Waals surface area contributed by atoms with E-state index in [1.54, 1.807) is 29.2 Å². The number of benzene rings is 2. The largest absolute Gasteiger partial charge is 0.355 e. The van der Waals surface area contributed by atoms with Crippen molar-refractivity contribution < 1.29 is 4.79 Å². The predicted octanol–water partition coefficient (Wildman–Crippen LogP) is 4.35. The van der Waals surface area contributed by atoms with E-state index < -0.39 is 0 Å². The fraction of sp³-hybridized carbons (Fsp3) is 0.0435. The highest BCUT2D eigenvalue weighted by atomic mass is 16.1. The molecule has 152 valence electrons. The minimum absolute atomic E-state index is 0.244. The van der Waals surface area contributed by atoms with E-state index in [1.807, 2.05) is 61.6 Å². The molecule has 3 aromatic heterocycles. The van der Waals surface area contributed by atoms with E-state index in [2.05, 4.69) is 30.9 Å². The Morgan fingerprint density at radius 1 is 0.968 bits per heavy atom. The van der Waals surface area contributed by atoms with Crippen LogP contribution in [-0.4, -0.2) is 30.9 Å². The summed E-state index contributed by atoms with van der Waals surface area (Å²) in [7, 11) is 1.83. The first-order chi connectivity index (χ1) is 15.2. The maximum Gasteiger partial charge on any atom is 0.256 e. The number of nitrogens with one attached hydrogen (secondary N) is 3. The van der Waals surface area contributed by atoms with E-state index in [-0.39, 0.29) is 5.91 Å². The summed E-state index contributed by atoms with van der Waals surface area (Å²) in [6, 6.07) is 20.8. The molecule has 0 aliphatic rings. The summed E-state index contributed by atoms with van der Waals surface area (Å²) in [6.07, 6.45) is 3.42. The third-order valence-corrected chi connectivity index (χ3v) is 4.92. The lowest BCUT2D eigenvalue weighted by Gasteiger charge is -2.08. The molecule has 0 atom stereocenters. The quantitative estimate of drug-likeness (QED) is 0.401. The Morgan fingerprint density at radius 3 is 2.58 bits per heavy atom. The molecular formula is C23H19N7O. The molecular weight excluding hydrogens is 390 g/mol. The van der Waals surface area contributed by atoms with Crippen molar-refractivity contribution in [3.05, 3.63) is 84.7 Å². The molecule has 0 saturated carbocycles. The molecule has 3 N–H and O–H groups in total. The zero-order valence-electron chi connectivity index (χ0n) is 16.7. The number of hydrogen-bond acceptors (Lipinski definition) is 5. The van der Waals surface area contributed by atoms with Gasteiger partial charge in [-0.1, -0.05) is 36.4 Å². The Hall–Kier alpha value is -4.46. The Morgan fingerprint density at radius 2 is 1.77 bits per heavy atom. The highest BCUT2D eigenvalue weighted by molar-refractivity contribution is 6.10. The number of amides is 1. The Labute approximate surface area is 177 Å². The van der Waals surface area contributed by atoms with E-state index in [9.17, 15) is 4.79 Å². The highest BCUT2D eigenvalue weighted by Gasteiger charge is 2.19. The minimum atomic E-state index is -0.244. The molecule has 31 heavy (non-hydrogen) atoms. The van der Waals surface area contributed by atoms with Gasteiger partial charge in [0.1, 0.15) is 11.5 Å². The van der Waals surface area contributed by atoms with Crippen LogP contribution >= 0.6 is 0 Å². The molecule has 0 radical (unpaired) electrons. The van der Waals surface area contributed by atoms with Gasteiger partial charge in [-0.3, -0.25) is 14.9 Å². The number of carbonyl (C=O) groups is 1. The lowest BCUT2D eigenvalue weighted by Crippen LogP contribution is -2.12. The van der Waals surface area contributed by atoms with Crippen LogP contribution in [0, 0.1) is 0 Å². The lowest BCUT2D eigenvalue weighted by atomic mass is 10.1. The van der Waals surface area contributed by atoms with Crippen LogP contribution in [0.15, 0.2) is 79.1 Å². The van der Waals surface area contributed by atoms with Crippen LogP contribution in [0.4, 0.5) is 17.2 Å². The van der Waals surface area contributed by atoms with Crippen molar-refractivity contribution in [2.45, 2.75) is 0 Å². The van der Waals surface area contributed by atoms with Gasteiger partial charge >= 0.3 is 0 Å². The molecule has 1 amide bonds. The first-order valence-corrected chi connectivity index (χ1v) is 9.74. The summed E-state index contributed by atoms with van der Waals surface area (Å²) in [6.45, 7) is 0. The van der Waals surface area contributed by atoms with Crippen molar-refractivity contribution >= 4 is 34.1 Å². The molecule has 0 fully saturated rings. The van der Waals surface area contributed by atoms with E-state index in [0.717, 1.165) is 28.0 Å². The molecule has 5 rings (SSSR count). The summed E-state index contributed by atoms with van der Waals surface area (Å²) in [5.74, 6) is 0.270. The summed E-state index contributed by atoms with van der Waals surface area (Å²) in [5.41, 5.74) is 4.60. The SMILES string of the molecule is Cn1nc(-c2ccccc2)c2c(NC(=O)c3cccc(Nc4ccncc4)c3)[nH]nc21. The number of carbonyl (C=O) groups excluding carboxylic acids is 1. The topological polar surface area (TPSA) is 101 Å². The number of anilines is 3. The number of rotatable bonds is 5. The number of aromatic amines is 1. The summed E-state index contributed by atoms with van der Waals surface area (Å²) in [5, 5.41) is 18.8. The number of nitrogens with zero attached hydrogens (tertiary/aromatic N) is 4. The van der Waals surface area contributed by atoms with Crippen LogP contribution in [0.3, 0.4) is 0 Å². The number of hydrogen-bond donors (Lipinski definition) is 3. The van der Waals surface area contributed by atoms with Gasteiger partial charge in [0.25, 0.3) is 5.91 Å². The van der Waals surface area contributed by atoms with Gasteiger partial charge in [-0.25, -0.2) is 4.68 Å². The average Bonchev–Trinajstić information content (AvgIpc) is 3.36. The Balaban J connectivity index is 1.44.